The molecule has 0 aliphatic carbocycles. The van der Waals surface area contributed by atoms with E-state index in [1.54, 1.807) is 11.0 Å². The molecule has 0 bridgehead atoms. The SMILES string of the molecule is CCN(CC(N)=S)C(=O)c1ccsc1. The maximum Gasteiger partial charge on any atom is 0.255 e. The van der Waals surface area contributed by atoms with Crippen LogP contribution < -0.4 is 5.73 Å². The summed E-state index contributed by atoms with van der Waals surface area (Å²) >= 11 is 6.28. The molecule has 1 heterocycles. The van der Waals surface area contributed by atoms with E-state index in [-0.39, 0.29) is 5.91 Å². The minimum atomic E-state index is -0.0125. The summed E-state index contributed by atoms with van der Waals surface area (Å²) in [6, 6.07) is 1.80. The zero-order valence-electron chi connectivity index (χ0n) is 7.90. The van der Waals surface area contributed by atoms with Crippen LogP contribution in [-0.2, 0) is 0 Å². The predicted molar refractivity (Wildman–Crippen MR) is 62.7 cm³/mol. The number of thiocarbonyl (C=S) groups is 1. The second kappa shape index (κ2) is 5.07. The Hall–Kier alpha value is -0.940. The Balaban J connectivity index is 2.70. The first-order chi connectivity index (χ1) is 6.65. The number of carbonyl (C=O) groups is 1. The second-order valence-electron chi connectivity index (χ2n) is 2.80. The largest absolute Gasteiger partial charge is 0.392 e. The van der Waals surface area contributed by atoms with Gasteiger partial charge in [-0.25, -0.2) is 0 Å². The molecule has 5 heteroatoms. The molecule has 2 N–H and O–H groups in total. The molecule has 14 heavy (non-hydrogen) atoms. The standard InChI is InChI=1S/C9H12N2OS2/c1-2-11(5-8(10)13)9(12)7-3-4-14-6-7/h3-4,6H,2,5H2,1H3,(H2,10,13). The van der Waals surface area contributed by atoms with Crippen LogP contribution in [0.1, 0.15) is 17.3 Å². The first-order valence-electron chi connectivity index (χ1n) is 4.25. The Morgan fingerprint density at radius 1 is 1.71 bits per heavy atom. The molecule has 1 aromatic heterocycles. The number of thiophene rings is 1. The minimum absolute atomic E-state index is 0.0125. The predicted octanol–water partition coefficient (Wildman–Crippen LogP) is 1.50. The lowest BCUT2D eigenvalue weighted by atomic mass is 10.3. The fourth-order valence-electron chi connectivity index (χ4n) is 1.08. The molecule has 0 aliphatic heterocycles. The van der Waals surface area contributed by atoms with Crippen molar-refractivity contribution in [2.24, 2.45) is 5.73 Å². The van der Waals surface area contributed by atoms with Crippen LogP contribution >= 0.6 is 23.6 Å². The number of carbonyl (C=O) groups excluding carboxylic acids is 1. The summed E-state index contributed by atoms with van der Waals surface area (Å²) in [4.78, 5) is 13.8. The van der Waals surface area contributed by atoms with Gasteiger partial charge < -0.3 is 10.6 Å². The van der Waals surface area contributed by atoms with Gasteiger partial charge in [-0.05, 0) is 18.4 Å². The zero-order chi connectivity index (χ0) is 10.6. The summed E-state index contributed by atoms with van der Waals surface area (Å²) in [5.74, 6) is -0.0125. The molecule has 1 aromatic rings. The first kappa shape index (κ1) is 11.1. The number of hydrogen-bond acceptors (Lipinski definition) is 3. The zero-order valence-corrected chi connectivity index (χ0v) is 9.53. The van der Waals surface area contributed by atoms with E-state index < -0.39 is 0 Å². The van der Waals surface area contributed by atoms with Gasteiger partial charge in [0, 0.05) is 11.9 Å². The van der Waals surface area contributed by atoms with Crippen molar-refractivity contribution in [3.8, 4) is 0 Å². The lowest BCUT2D eigenvalue weighted by Gasteiger charge is -2.19. The summed E-state index contributed by atoms with van der Waals surface area (Å²) in [6.07, 6.45) is 0. The van der Waals surface area contributed by atoms with Crippen molar-refractivity contribution in [3.05, 3.63) is 22.4 Å². The normalized spacial score (nSPS) is 9.79. The lowest BCUT2D eigenvalue weighted by Crippen LogP contribution is -2.37. The molecule has 0 atom stereocenters. The van der Waals surface area contributed by atoms with Gasteiger partial charge >= 0.3 is 0 Å². The van der Waals surface area contributed by atoms with Crippen LogP contribution in [0.5, 0.6) is 0 Å². The molecule has 0 saturated carbocycles. The van der Waals surface area contributed by atoms with Gasteiger partial charge in [-0.2, -0.15) is 11.3 Å². The maximum absolute atomic E-state index is 11.8. The van der Waals surface area contributed by atoms with Crippen LogP contribution in [0.25, 0.3) is 0 Å². The topological polar surface area (TPSA) is 46.3 Å². The van der Waals surface area contributed by atoms with Gasteiger partial charge in [-0.15, -0.1) is 0 Å². The second-order valence-corrected chi connectivity index (χ2v) is 4.10. The fourth-order valence-corrected chi connectivity index (χ4v) is 1.87. The van der Waals surface area contributed by atoms with Gasteiger partial charge in [0.1, 0.15) is 0 Å². The van der Waals surface area contributed by atoms with E-state index >= 15 is 0 Å². The van der Waals surface area contributed by atoms with Crippen LogP contribution in [0.3, 0.4) is 0 Å². The molecule has 0 spiro atoms. The molecule has 1 amide bonds. The summed E-state index contributed by atoms with van der Waals surface area (Å²) in [5.41, 5.74) is 6.10. The average molecular weight is 228 g/mol. The molecule has 76 valence electrons. The molecule has 0 aromatic carbocycles. The summed E-state index contributed by atoms with van der Waals surface area (Å²) in [7, 11) is 0. The molecular weight excluding hydrogens is 216 g/mol. The van der Waals surface area contributed by atoms with Crippen molar-refractivity contribution in [1.29, 1.82) is 0 Å². The lowest BCUT2D eigenvalue weighted by molar-refractivity contribution is 0.0788. The molecule has 3 nitrogen and oxygen atoms in total. The van der Waals surface area contributed by atoms with Gasteiger partial charge in [0.2, 0.25) is 0 Å². The Morgan fingerprint density at radius 2 is 2.43 bits per heavy atom. The Morgan fingerprint density at radius 3 is 2.86 bits per heavy atom. The van der Waals surface area contributed by atoms with Crippen molar-refractivity contribution < 1.29 is 4.79 Å². The van der Waals surface area contributed by atoms with Crippen LogP contribution in [0, 0.1) is 0 Å². The maximum atomic E-state index is 11.8. The number of nitrogens with zero attached hydrogens (tertiary/aromatic N) is 1. The van der Waals surface area contributed by atoms with Crippen LogP contribution in [-0.4, -0.2) is 28.9 Å². The highest BCUT2D eigenvalue weighted by Gasteiger charge is 2.14. The van der Waals surface area contributed by atoms with Crippen LogP contribution in [0.4, 0.5) is 0 Å². The monoisotopic (exact) mass is 228 g/mol. The number of amides is 1. The average Bonchev–Trinajstić information content (AvgIpc) is 2.65. The van der Waals surface area contributed by atoms with E-state index in [9.17, 15) is 4.79 Å². The summed E-state index contributed by atoms with van der Waals surface area (Å²) < 4.78 is 0. The molecular formula is C9H12N2OS2. The summed E-state index contributed by atoms with van der Waals surface area (Å²) in [5, 5.41) is 3.70. The molecule has 0 radical (unpaired) electrons. The number of hydrogen-bond donors (Lipinski definition) is 1. The van der Waals surface area contributed by atoms with Crippen molar-refractivity contribution >= 4 is 34.5 Å². The molecule has 1 rings (SSSR count). The molecule has 0 fully saturated rings. The van der Waals surface area contributed by atoms with E-state index in [2.05, 4.69) is 0 Å². The minimum Gasteiger partial charge on any atom is -0.392 e. The van der Waals surface area contributed by atoms with Gasteiger partial charge in [-0.1, -0.05) is 12.2 Å². The molecule has 0 unspecified atom stereocenters. The first-order valence-corrected chi connectivity index (χ1v) is 5.60. The highest BCUT2D eigenvalue weighted by Crippen LogP contribution is 2.09. The van der Waals surface area contributed by atoms with E-state index in [0.29, 0.717) is 23.6 Å². The summed E-state index contributed by atoms with van der Waals surface area (Å²) in [6.45, 7) is 2.87. The highest BCUT2D eigenvalue weighted by molar-refractivity contribution is 7.80. The van der Waals surface area contributed by atoms with Crippen LogP contribution in [0.2, 0.25) is 0 Å². The highest BCUT2D eigenvalue weighted by atomic mass is 32.1. The number of nitrogens with two attached hydrogens (primary N) is 1. The van der Waals surface area contributed by atoms with E-state index in [1.807, 2.05) is 17.7 Å². The Kier molecular flexibility index (Phi) is 4.03. The van der Waals surface area contributed by atoms with Crippen molar-refractivity contribution in [3.63, 3.8) is 0 Å². The van der Waals surface area contributed by atoms with Crippen LogP contribution in [0.15, 0.2) is 16.8 Å². The smallest absolute Gasteiger partial charge is 0.255 e. The van der Waals surface area contributed by atoms with E-state index in [4.69, 9.17) is 18.0 Å². The van der Waals surface area contributed by atoms with Gasteiger partial charge in [0.05, 0.1) is 17.1 Å². The Labute approximate surface area is 92.5 Å². The third-order valence-electron chi connectivity index (χ3n) is 1.78. The number of likely N-dealkylation sites (N-methyl/N-ethyl adjacent to an activating group) is 1. The third kappa shape index (κ3) is 2.78. The fraction of sp³-hybridized carbons (Fsp3) is 0.333. The van der Waals surface area contributed by atoms with Crippen molar-refractivity contribution in [1.82, 2.24) is 4.90 Å². The quantitative estimate of drug-likeness (QED) is 0.794. The van der Waals surface area contributed by atoms with Crippen molar-refractivity contribution in [2.45, 2.75) is 6.92 Å². The van der Waals surface area contributed by atoms with Gasteiger partial charge in [0.25, 0.3) is 5.91 Å². The molecule has 0 aliphatic rings. The third-order valence-corrected chi connectivity index (χ3v) is 2.60. The molecule has 0 saturated heterocycles. The Bertz CT molecular complexity index is 322. The van der Waals surface area contributed by atoms with E-state index in [0.717, 1.165) is 0 Å². The number of rotatable bonds is 4. The van der Waals surface area contributed by atoms with Gasteiger partial charge in [-0.3, -0.25) is 4.79 Å². The van der Waals surface area contributed by atoms with Gasteiger partial charge in [0.15, 0.2) is 0 Å². The van der Waals surface area contributed by atoms with Crippen molar-refractivity contribution in [2.75, 3.05) is 13.1 Å². The van der Waals surface area contributed by atoms with E-state index in [1.165, 1.54) is 11.3 Å².